The molecule has 0 saturated carbocycles. The molecular formula is C17H18ClN3O3S. The Balaban J connectivity index is 1.84. The van der Waals surface area contributed by atoms with Crippen molar-refractivity contribution in [1.82, 2.24) is 14.1 Å². The highest BCUT2D eigenvalue weighted by Gasteiger charge is 2.26. The number of benzene rings is 1. The van der Waals surface area contributed by atoms with E-state index in [4.69, 9.17) is 16.3 Å². The molecule has 3 aromatic rings. The Morgan fingerprint density at radius 1 is 1.28 bits per heavy atom. The van der Waals surface area contributed by atoms with Gasteiger partial charge in [0.2, 0.25) is 0 Å². The highest BCUT2D eigenvalue weighted by atomic mass is 35.5. The van der Waals surface area contributed by atoms with Gasteiger partial charge in [-0.15, -0.1) is 0 Å². The summed E-state index contributed by atoms with van der Waals surface area (Å²) >= 11 is 6.07. The van der Waals surface area contributed by atoms with E-state index >= 15 is 0 Å². The zero-order valence-corrected chi connectivity index (χ0v) is 15.4. The van der Waals surface area contributed by atoms with Crippen molar-refractivity contribution < 1.29 is 13.2 Å². The molecule has 0 aliphatic carbocycles. The average molecular weight is 380 g/mol. The third-order valence-electron chi connectivity index (χ3n) is 3.73. The van der Waals surface area contributed by atoms with Crippen LogP contribution in [0.1, 0.15) is 12.5 Å². The van der Waals surface area contributed by atoms with Crippen molar-refractivity contribution in [3.8, 4) is 5.75 Å². The van der Waals surface area contributed by atoms with E-state index in [0.29, 0.717) is 12.1 Å². The fourth-order valence-corrected chi connectivity index (χ4v) is 4.59. The maximum atomic E-state index is 12.8. The van der Waals surface area contributed by atoms with Gasteiger partial charge in [0.05, 0.1) is 7.11 Å². The number of aromatic nitrogens is 2. The third kappa shape index (κ3) is 3.78. The maximum absolute atomic E-state index is 12.8. The molecule has 0 fully saturated rings. The largest absolute Gasteiger partial charge is 0.497 e. The predicted octanol–water partition coefficient (Wildman–Crippen LogP) is 2.91. The second-order valence-corrected chi connectivity index (χ2v) is 7.70. The van der Waals surface area contributed by atoms with Gasteiger partial charge in [0.1, 0.15) is 11.4 Å². The third-order valence-corrected chi connectivity index (χ3v) is 5.72. The first-order valence-corrected chi connectivity index (χ1v) is 9.54. The summed E-state index contributed by atoms with van der Waals surface area (Å²) in [7, 11) is -2.23. The lowest BCUT2D eigenvalue weighted by Crippen LogP contribution is -2.34. The Morgan fingerprint density at radius 3 is 2.84 bits per heavy atom. The molecule has 1 aromatic carbocycles. The number of pyridine rings is 1. The minimum absolute atomic E-state index is 0.0488. The Labute approximate surface area is 151 Å². The zero-order chi connectivity index (χ0) is 18.0. The average Bonchev–Trinajstić information content (AvgIpc) is 2.90. The van der Waals surface area contributed by atoms with E-state index in [1.807, 2.05) is 24.3 Å². The van der Waals surface area contributed by atoms with E-state index in [2.05, 4.69) is 9.71 Å². The second-order valence-electron chi connectivity index (χ2n) is 5.71. The van der Waals surface area contributed by atoms with Crippen molar-refractivity contribution >= 4 is 27.3 Å². The quantitative estimate of drug-likeness (QED) is 0.714. The molecule has 1 N–H and O–H groups in total. The van der Waals surface area contributed by atoms with E-state index in [1.165, 1.54) is 4.40 Å². The lowest BCUT2D eigenvalue weighted by atomic mass is 10.1. The molecule has 3 rings (SSSR count). The van der Waals surface area contributed by atoms with Gasteiger partial charge in [-0.3, -0.25) is 4.40 Å². The Hall–Kier alpha value is -2.09. The molecule has 6 nitrogen and oxygen atoms in total. The summed E-state index contributed by atoms with van der Waals surface area (Å²) < 4.78 is 34.9. The van der Waals surface area contributed by atoms with Crippen LogP contribution in [-0.2, 0) is 16.4 Å². The lowest BCUT2D eigenvalue weighted by Gasteiger charge is -2.15. The SMILES string of the molecule is COc1cccc(CC(C)NS(=O)(=O)c2c(Cl)nc3ccccn23)c1. The molecule has 0 aliphatic rings. The smallest absolute Gasteiger partial charge is 0.260 e. The first-order valence-electron chi connectivity index (χ1n) is 7.68. The van der Waals surface area contributed by atoms with E-state index in [9.17, 15) is 8.42 Å². The topological polar surface area (TPSA) is 72.7 Å². The Kier molecular flexibility index (Phi) is 4.99. The Morgan fingerprint density at radius 2 is 2.08 bits per heavy atom. The second kappa shape index (κ2) is 7.03. The van der Waals surface area contributed by atoms with Crippen LogP contribution in [0.15, 0.2) is 53.7 Å². The molecule has 1 unspecified atom stereocenters. The number of hydrogen-bond acceptors (Lipinski definition) is 4. The van der Waals surface area contributed by atoms with Gasteiger partial charge < -0.3 is 4.74 Å². The van der Waals surface area contributed by atoms with Crippen molar-refractivity contribution in [3.63, 3.8) is 0 Å². The van der Waals surface area contributed by atoms with Crippen molar-refractivity contribution in [2.45, 2.75) is 24.4 Å². The van der Waals surface area contributed by atoms with Crippen LogP contribution < -0.4 is 9.46 Å². The molecule has 0 radical (unpaired) electrons. The summed E-state index contributed by atoms with van der Waals surface area (Å²) in [6.07, 6.45) is 2.14. The molecule has 132 valence electrons. The highest BCUT2D eigenvalue weighted by molar-refractivity contribution is 7.89. The first kappa shape index (κ1) is 17.7. The number of imidazole rings is 1. The monoisotopic (exact) mass is 379 g/mol. The van der Waals surface area contributed by atoms with Gasteiger partial charge in [-0.05, 0) is 43.2 Å². The molecular weight excluding hydrogens is 362 g/mol. The van der Waals surface area contributed by atoms with Gasteiger partial charge in [0, 0.05) is 12.2 Å². The van der Waals surface area contributed by atoms with Gasteiger partial charge >= 0.3 is 0 Å². The van der Waals surface area contributed by atoms with E-state index in [0.717, 1.165) is 11.3 Å². The fourth-order valence-electron chi connectivity index (χ4n) is 2.70. The van der Waals surface area contributed by atoms with Crippen molar-refractivity contribution in [3.05, 3.63) is 59.4 Å². The van der Waals surface area contributed by atoms with Crippen LogP contribution in [0.3, 0.4) is 0 Å². The van der Waals surface area contributed by atoms with Gasteiger partial charge in [0.15, 0.2) is 10.2 Å². The summed E-state index contributed by atoms with van der Waals surface area (Å²) in [5.74, 6) is 0.734. The van der Waals surface area contributed by atoms with E-state index in [-0.39, 0.29) is 16.2 Å². The number of nitrogens with one attached hydrogen (secondary N) is 1. The minimum Gasteiger partial charge on any atom is -0.497 e. The van der Waals surface area contributed by atoms with Crippen molar-refractivity contribution in [1.29, 1.82) is 0 Å². The summed E-state index contributed by atoms with van der Waals surface area (Å²) in [5, 5.41) is -0.102. The highest BCUT2D eigenvalue weighted by Crippen LogP contribution is 2.23. The van der Waals surface area contributed by atoms with Crippen LogP contribution in [0.25, 0.3) is 5.65 Å². The molecule has 0 aliphatic heterocycles. The number of ether oxygens (including phenoxy) is 1. The molecule has 0 bridgehead atoms. The van der Waals surface area contributed by atoms with Crippen LogP contribution in [0.2, 0.25) is 5.15 Å². The van der Waals surface area contributed by atoms with E-state index in [1.54, 1.807) is 38.4 Å². The number of halogens is 1. The number of methoxy groups -OCH3 is 1. The molecule has 0 amide bonds. The standard InChI is InChI=1S/C17H18ClN3O3S/c1-12(10-13-6-5-7-14(11-13)24-2)20-25(22,23)17-16(18)19-15-8-3-4-9-21(15)17/h3-9,11-12,20H,10H2,1-2H3. The van der Waals surface area contributed by atoms with Crippen LogP contribution in [0.5, 0.6) is 5.75 Å². The Bertz CT molecular complexity index is 1000. The van der Waals surface area contributed by atoms with Gasteiger partial charge in [-0.25, -0.2) is 18.1 Å². The minimum atomic E-state index is -3.82. The van der Waals surface area contributed by atoms with Crippen molar-refractivity contribution in [2.24, 2.45) is 0 Å². The number of fused-ring (bicyclic) bond motifs is 1. The zero-order valence-electron chi connectivity index (χ0n) is 13.8. The summed E-state index contributed by atoms with van der Waals surface area (Å²) in [6.45, 7) is 1.80. The van der Waals surface area contributed by atoms with Crippen LogP contribution in [0, 0.1) is 0 Å². The first-order chi connectivity index (χ1) is 11.9. The summed E-state index contributed by atoms with van der Waals surface area (Å²) in [4.78, 5) is 4.09. The fraction of sp³-hybridized carbons (Fsp3) is 0.235. The number of sulfonamides is 1. The molecule has 8 heteroatoms. The molecule has 1 atom stereocenters. The predicted molar refractivity (Wildman–Crippen MR) is 96.7 cm³/mol. The van der Waals surface area contributed by atoms with Gasteiger partial charge in [-0.1, -0.05) is 29.8 Å². The lowest BCUT2D eigenvalue weighted by molar-refractivity contribution is 0.414. The van der Waals surface area contributed by atoms with Gasteiger partial charge in [-0.2, -0.15) is 0 Å². The molecule has 25 heavy (non-hydrogen) atoms. The maximum Gasteiger partial charge on any atom is 0.260 e. The molecule has 2 aromatic heterocycles. The summed E-state index contributed by atoms with van der Waals surface area (Å²) in [5.41, 5.74) is 1.45. The number of hydrogen-bond donors (Lipinski definition) is 1. The van der Waals surface area contributed by atoms with Crippen molar-refractivity contribution in [2.75, 3.05) is 7.11 Å². The van der Waals surface area contributed by atoms with Crippen LogP contribution in [0.4, 0.5) is 0 Å². The normalized spacial score (nSPS) is 13.1. The summed E-state index contributed by atoms with van der Waals surface area (Å²) in [6, 6.07) is 12.4. The molecule has 0 spiro atoms. The number of rotatable bonds is 6. The molecule has 0 saturated heterocycles. The van der Waals surface area contributed by atoms with Crippen LogP contribution in [-0.4, -0.2) is 31.0 Å². The molecule has 2 heterocycles. The van der Waals surface area contributed by atoms with E-state index < -0.39 is 10.0 Å². The number of nitrogens with zero attached hydrogens (tertiary/aromatic N) is 2. The van der Waals surface area contributed by atoms with Gasteiger partial charge in [0.25, 0.3) is 10.0 Å². The van der Waals surface area contributed by atoms with Crippen LogP contribution >= 0.6 is 11.6 Å².